The number of rotatable bonds is 2. The highest BCUT2D eigenvalue weighted by Gasteiger charge is 2.21. The number of nitrogens with two attached hydrogens (primary N) is 1. The van der Waals surface area contributed by atoms with E-state index < -0.39 is 0 Å². The lowest BCUT2D eigenvalue weighted by molar-refractivity contribution is 0.504. The molecule has 0 spiro atoms. The van der Waals surface area contributed by atoms with Crippen LogP contribution >= 0.6 is 0 Å². The molecule has 0 bridgehead atoms. The molecule has 0 aliphatic carbocycles. The van der Waals surface area contributed by atoms with E-state index in [1.807, 2.05) is 13.8 Å². The highest BCUT2D eigenvalue weighted by Crippen LogP contribution is 2.14. The van der Waals surface area contributed by atoms with Crippen LogP contribution in [0.1, 0.15) is 19.7 Å². The first-order valence-electron chi connectivity index (χ1n) is 3.41. The van der Waals surface area contributed by atoms with E-state index in [0.717, 1.165) is 0 Å². The first kappa shape index (κ1) is 8.00. The van der Waals surface area contributed by atoms with Crippen molar-refractivity contribution in [1.82, 2.24) is 15.2 Å². The smallest absolute Gasteiger partial charge is 0.329 e. The maximum Gasteiger partial charge on any atom is 0.340 e. The van der Waals surface area contributed by atoms with Crippen molar-refractivity contribution in [2.45, 2.75) is 19.3 Å². The van der Waals surface area contributed by atoms with Gasteiger partial charge in [0.15, 0.2) is 0 Å². The predicted molar refractivity (Wildman–Crippen MR) is 41.3 cm³/mol. The Balaban J connectivity index is 3.01. The number of nitrogens with zero attached hydrogens (tertiary/aromatic N) is 1. The van der Waals surface area contributed by atoms with Crippen LogP contribution < -0.4 is 11.4 Å². The van der Waals surface area contributed by atoms with Gasteiger partial charge in [0.25, 0.3) is 0 Å². The first-order valence-corrected chi connectivity index (χ1v) is 3.41. The fraction of sp³-hybridized carbons (Fsp3) is 0.667. The third kappa shape index (κ3) is 1.48. The molecule has 0 radical (unpaired) electrons. The van der Waals surface area contributed by atoms with Gasteiger partial charge < -0.3 is 5.73 Å². The van der Waals surface area contributed by atoms with Gasteiger partial charge in [-0.2, -0.15) is 5.10 Å². The summed E-state index contributed by atoms with van der Waals surface area (Å²) < 4.78 is 0. The Labute approximate surface area is 64.0 Å². The third-order valence-corrected chi connectivity index (χ3v) is 1.65. The van der Waals surface area contributed by atoms with Gasteiger partial charge in [-0.3, -0.25) is 4.98 Å². The number of aromatic amines is 2. The Bertz CT molecular complexity index is 285. The van der Waals surface area contributed by atoms with Crippen molar-refractivity contribution >= 4 is 0 Å². The molecule has 1 rings (SSSR count). The molecule has 0 unspecified atom stereocenters. The van der Waals surface area contributed by atoms with Crippen LogP contribution in [-0.4, -0.2) is 21.7 Å². The van der Waals surface area contributed by atoms with E-state index >= 15 is 0 Å². The van der Waals surface area contributed by atoms with Gasteiger partial charge in [0.05, 0.1) is 0 Å². The second-order valence-electron chi connectivity index (χ2n) is 3.11. The zero-order valence-corrected chi connectivity index (χ0v) is 6.64. The minimum absolute atomic E-state index is 0.265. The highest BCUT2D eigenvalue weighted by molar-refractivity contribution is 5.01. The van der Waals surface area contributed by atoms with Crippen molar-refractivity contribution in [2.75, 3.05) is 6.54 Å². The van der Waals surface area contributed by atoms with Gasteiger partial charge in [0.2, 0.25) is 0 Å². The SMILES string of the molecule is CC(C)(CN)c1n[nH]c(=O)[nH]1. The second-order valence-corrected chi connectivity index (χ2v) is 3.11. The number of hydrogen-bond acceptors (Lipinski definition) is 3. The monoisotopic (exact) mass is 156 g/mol. The Hall–Kier alpha value is -1.10. The molecule has 0 fully saturated rings. The second kappa shape index (κ2) is 2.50. The van der Waals surface area contributed by atoms with Crippen LogP contribution in [0, 0.1) is 0 Å². The average molecular weight is 156 g/mol. The molecule has 0 saturated heterocycles. The summed E-state index contributed by atoms with van der Waals surface area (Å²) in [5.41, 5.74) is 4.92. The van der Waals surface area contributed by atoms with Crippen LogP contribution in [0.4, 0.5) is 0 Å². The molecule has 5 heteroatoms. The Kier molecular flexibility index (Phi) is 1.82. The van der Waals surface area contributed by atoms with Crippen LogP contribution in [-0.2, 0) is 5.41 Å². The average Bonchev–Trinajstić information content (AvgIpc) is 2.36. The van der Waals surface area contributed by atoms with Gasteiger partial charge in [0, 0.05) is 12.0 Å². The molecule has 11 heavy (non-hydrogen) atoms. The zero-order chi connectivity index (χ0) is 8.48. The quantitative estimate of drug-likeness (QED) is 0.531. The van der Waals surface area contributed by atoms with E-state index in [9.17, 15) is 4.79 Å². The molecular formula is C6H12N4O. The van der Waals surface area contributed by atoms with Crippen molar-refractivity contribution in [3.8, 4) is 0 Å². The summed E-state index contributed by atoms with van der Waals surface area (Å²) in [5, 5.41) is 6.08. The van der Waals surface area contributed by atoms with Gasteiger partial charge in [0.1, 0.15) is 5.82 Å². The molecule has 0 saturated carbocycles. The molecule has 4 N–H and O–H groups in total. The van der Waals surface area contributed by atoms with Crippen LogP contribution in [0.3, 0.4) is 0 Å². The van der Waals surface area contributed by atoms with Crippen LogP contribution in [0.5, 0.6) is 0 Å². The van der Waals surface area contributed by atoms with Gasteiger partial charge in [-0.15, -0.1) is 0 Å². The van der Waals surface area contributed by atoms with E-state index in [-0.39, 0.29) is 11.1 Å². The normalized spacial score (nSPS) is 11.9. The molecule has 0 aliphatic heterocycles. The predicted octanol–water partition coefficient (Wildman–Crippen LogP) is -0.666. The summed E-state index contributed by atoms with van der Waals surface area (Å²) in [7, 11) is 0. The standard InChI is InChI=1S/C6H12N4O/c1-6(2,3-7)4-8-5(11)10-9-4/h3,7H2,1-2H3,(H2,8,9,10,11). The molecule has 0 aliphatic rings. The van der Waals surface area contributed by atoms with Crippen LogP contribution in [0.25, 0.3) is 0 Å². The van der Waals surface area contributed by atoms with Gasteiger partial charge in [-0.1, -0.05) is 13.8 Å². The minimum atomic E-state index is -0.290. The number of aromatic nitrogens is 3. The van der Waals surface area contributed by atoms with E-state index in [2.05, 4.69) is 15.2 Å². The fourth-order valence-electron chi connectivity index (χ4n) is 0.687. The summed E-state index contributed by atoms with van der Waals surface area (Å²) in [6.45, 7) is 4.28. The highest BCUT2D eigenvalue weighted by atomic mass is 16.1. The van der Waals surface area contributed by atoms with Crippen molar-refractivity contribution in [2.24, 2.45) is 5.73 Å². The lowest BCUT2D eigenvalue weighted by atomic mass is 9.93. The molecule has 1 aromatic heterocycles. The summed E-state index contributed by atoms with van der Waals surface area (Å²) >= 11 is 0. The summed E-state index contributed by atoms with van der Waals surface area (Å²) in [4.78, 5) is 13.2. The molecule has 5 nitrogen and oxygen atoms in total. The van der Waals surface area contributed by atoms with E-state index in [4.69, 9.17) is 5.73 Å². The number of nitrogens with one attached hydrogen (secondary N) is 2. The molecule has 1 heterocycles. The first-order chi connectivity index (χ1) is 5.06. The van der Waals surface area contributed by atoms with Crippen LogP contribution in [0.2, 0.25) is 0 Å². The molecule has 62 valence electrons. The number of hydrogen-bond donors (Lipinski definition) is 3. The van der Waals surface area contributed by atoms with Gasteiger partial charge in [-0.05, 0) is 0 Å². The van der Waals surface area contributed by atoms with Crippen molar-refractivity contribution in [3.63, 3.8) is 0 Å². The van der Waals surface area contributed by atoms with E-state index in [1.165, 1.54) is 0 Å². The van der Waals surface area contributed by atoms with Gasteiger partial charge >= 0.3 is 5.69 Å². The third-order valence-electron chi connectivity index (χ3n) is 1.65. The van der Waals surface area contributed by atoms with E-state index in [1.54, 1.807) is 0 Å². The Morgan fingerprint density at radius 3 is 2.64 bits per heavy atom. The lowest BCUT2D eigenvalue weighted by Crippen LogP contribution is -2.29. The van der Waals surface area contributed by atoms with E-state index in [0.29, 0.717) is 12.4 Å². The van der Waals surface area contributed by atoms with Crippen molar-refractivity contribution in [3.05, 3.63) is 16.3 Å². The Morgan fingerprint density at radius 1 is 1.64 bits per heavy atom. The molecular weight excluding hydrogens is 144 g/mol. The van der Waals surface area contributed by atoms with Crippen molar-refractivity contribution in [1.29, 1.82) is 0 Å². The number of H-pyrrole nitrogens is 2. The van der Waals surface area contributed by atoms with Crippen molar-refractivity contribution < 1.29 is 0 Å². The maximum absolute atomic E-state index is 10.6. The summed E-state index contributed by atoms with van der Waals surface area (Å²) in [6.07, 6.45) is 0. The molecule has 0 atom stereocenters. The molecule has 0 aromatic carbocycles. The maximum atomic E-state index is 10.6. The fourth-order valence-corrected chi connectivity index (χ4v) is 0.687. The lowest BCUT2D eigenvalue weighted by Gasteiger charge is -2.17. The largest absolute Gasteiger partial charge is 0.340 e. The van der Waals surface area contributed by atoms with Crippen LogP contribution in [0.15, 0.2) is 4.79 Å². The Morgan fingerprint density at radius 2 is 2.27 bits per heavy atom. The summed E-state index contributed by atoms with van der Waals surface area (Å²) in [5.74, 6) is 0.602. The minimum Gasteiger partial charge on any atom is -0.329 e. The zero-order valence-electron chi connectivity index (χ0n) is 6.64. The molecule has 1 aromatic rings. The summed E-state index contributed by atoms with van der Waals surface area (Å²) in [6, 6.07) is 0. The molecule has 0 amide bonds. The topological polar surface area (TPSA) is 87.6 Å². The van der Waals surface area contributed by atoms with Gasteiger partial charge in [-0.25, -0.2) is 9.89 Å².